The van der Waals surface area contributed by atoms with E-state index in [-0.39, 0.29) is 18.1 Å². The van der Waals surface area contributed by atoms with Crippen molar-refractivity contribution in [2.24, 2.45) is 0 Å². The van der Waals surface area contributed by atoms with Crippen molar-refractivity contribution in [3.05, 3.63) is 66.1 Å². The molecule has 1 saturated heterocycles. The van der Waals surface area contributed by atoms with Crippen LogP contribution in [0.1, 0.15) is 23.9 Å². The summed E-state index contributed by atoms with van der Waals surface area (Å²) < 4.78 is 5.52. The Kier molecular flexibility index (Phi) is 5.08. The minimum Gasteiger partial charge on any atom is -0.337 e. The third kappa shape index (κ3) is 4.04. The maximum absolute atomic E-state index is 12.2. The summed E-state index contributed by atoms with van der Waals surface area (Å²) in [5, 5.41) is 9.99. The van der Waals surface area contributed by atoms with Crippen LogP contribution in [-0.4, -0.2) is 40.7 Å². The van der Waals surface area contributed by atoms with Crippen LogP contribution in [0.4, 0.5) is 10.5 Å². The Balaban J connectivity index is 1.39. The smallest absolute Gasteiger partial charge is 0.319 e. The van der Waals surface area contributed by atoms with E-state index in [0.29, 0.717) is 18.1 Å². The Morgan fingerprint density at radius 3 is 2.64 bits per heavy atom. The van der Waals surface area contributed by atoms with Crippen LogP contribution < -0.4 is 10.6 Å². The molecule has 0 unspecified atom stereocenters. The van der Waals surface area contributed by atoms with E-state index in [9.17, 15) is 4.79 Å². The number of para-hydroxylation sites is 1. The summed E-state index contributed by atoms with van der Waals surface area (Å²) in [6.45, 7) is 2.76. The Morgan fingerprint density at radius 1 is 1.14 bits per heavy atom. The number of anilines is 1. The zero-order valence-corrected chi connectivity index (χ0v) is 15.9. The molecular weight excluding hydrogens is 354 g/mol. The molecule has 2 amide bonds. The number of urea groups is 1. The molecule has 1 aliphatic heterocycles. The van der Waals surface area contributed by atoms with Crippen LogP contribution in [0.5, 0.6) is 0 Å². The Hall–Kier alpha value is -3.19. The molecular formula is C21H23N5O2. The molecule has 0 radical (unpaired) electrons. The molecule has 2 N–H and O–H groups in total. The highest BCUT2D eigenvalue weighted by molar-refractivity contribution is 5.89. The summed E-state index contributed by atoms with van der Waals surface area (Å²) in [5.41, 5.74) is 2.88. The summed E-state index contributed by atoms with van der Waals surface area (Å²) in [5.74, 6) is 1.16. The Labute approximate surface area is 163 Å². The van der Waals surface area contributed by atoms with Gasteiger partial charge in [-0.2, -0.15) is 4.98 Å². The molecule has 7 heteroatoms. The van der Waals surface area contributed by atoms with E-state index in [1.54, 1.807) is 0 Å². The third-order valence-electron chi connectivity index (χ3n) is 4.95. The average Bonchev–Trinajstić information content (AvgIpc) is 3.30. The number of hydrogen-bond donors (Lipinski definition) is 2. The number of likely N-dealkylation sites (N-methyl/N-ethyl adjacent to an activating group) is 1. The number of hydrogen-bond acceptors (Lipinski definition) is 5. The van der Waals surface area contributed by atoms with Crippen molar-refractivity contribution in [1.82, 2.24) is 20.4 Å². The highest BCUT2D eigenvalue weighted by atomic mass is 16.5. The first-order valence-electron chi connectivity index (χ1n) is 9.32. The van der Waals surface area contributed by atoms with Crippen LogP contribution in [0.25, 0.3) is 11.4 Å². The second-order valence-electron chi connectivity index (χ2n) is 7.17. The minimum absolute atomic E-state index is 0.00781. The zero-order chi connectivity index (χ0) is 19.5. The van der Waals surface area contributed by atoms with Gasteiger partial charge in [-0.15, -0.1) is 0 Å². The number of rotatable bonds is 4. The van der Waals surface area contributed by atoms with Crippen molar-refractivity contribution in [3.63, 3.8) is 0 Å². The van der Waals surface area contributed by atoms with Gasteiger partial charge in [0.25, 0.3) is 0 Å². The maximum Gasteiger partial charge on any atom is 0.319 e. The molecule has 0 bridgehead atoms. The van der Waals surface area contributed by atoms with Gasteiger partial charge in [0.15, 0.2) is 0 Å². The molecule has 0 aliphatic carbocycles. The molecule has 2 aromatic carbocycles. The zero-order valence-electron chi connectivity index (χ0n) is 15.9. The normalized spacial score (nSPS) is 19.5. The van der Waals surface area contributed by atoms with Crippen LogP contribution in [0.3, 0.4) is 0 Å². The summed E-state index contributed by atoms with van der Waals surface area (Å²) in [6.07, 6.45) is 0.717. The monoisotopic (exact) mass is 377 g/mol. The number of nitrogens with one attached hydrogen (secondary N) is 2. The molecule has 2 atom stereocenters. The molecule has 28 heavy (non-hydrogen) atoms. The lowest BCUT2D eigenvalue weighted by atomic mass is 10.1. The molecule has 4 rings (SSSR count). The van der Waals surface area contributed by atoms with Crippen molar-refractivity contribution >= 4 is 11.7 Å². The van der Waals surface area contributed by atoms with Crippen LogP contribution >= 0.6 is 0 Å². The van der Waals surface area contributed by atoms with Gasteiger partial charge in [0.05, 0.1) is 6.04 Å². The quantitative estimate of drug-likeness (QED) is 0.726. The third-order valence-corrected chi connectivity index (χ3v) is 4.95. The molecule has 1 aliphatic rings. The fourth-order valence-corrected chi connectivity index (χ4v) is 3.46. The average molecular weight is 377 g/mol. The van der Waals surface area contributed by atoms with E-state index in [1.807, 2.05) is 68.6 Å². The van der Waals surface area contributed by atoms with E-state index in [4.69, 9.17) is 4.52 Å². The fraction of sp³-hybridized carbons (Fsp3) is 0.286. The lowest BCUT2D eigenvalue weighted by Crippen LogP contribution is -2.39. The van der Waals surface area contributed by atoms with Gasteiger partial charge >= 0.3 is 6.03 Å². The van der Waals surface area contributed by atoms with Crippen LogP contribution in [0, 0.1) is 6.92 Å². The van der Waals surface area contributed by atoms with Gasteiger partial charge in [-0.25, -0.2) is 4.79 Å². The first-order valence-corrected chi connectivity index (χ1v) is 9.32. The molecule has 2 heterocycles. The second-order valence-corrected chi connectivity index (χ2v) is 7.17. The number of amides is 2. The Bertz CT molecular complexity index is 939. The SMILES string of the molecule is Cc1ccc(-c2noc([C@@H]3C[C@H](NC(=O)Nc4ccccc4)CN3C)n2)cc1. The summed E-state index contributed by atoms with van der Waals surface area (Å²) in [4.78, 5) is 18.9. The lowest BCUT2D eigenvalue weighted by molar-refractivity contribution is 0.243. The number of benzene rings is 2. The predicted molar refractivity (Wildman–Crippen MR) is 107 cm³/mol. The molecule has 1 fully saturated rings. The van der Waals surface area contributed by atoms with Crippen molar-refractivity contribution in [3.8, 4) is 11.4 Å². The topological polar surface area (TPSA) is 83.3 Å². The molecule has 3 aromatic rings. The highest BCUT2D eigenvalue weighted by Crippen LogP contribution is 2.31. The maximum atomic E-state index is 12.2. The lowest BCUT2D eigenvalue weighted by Gasteiger charge is -2.14. The number of aromatic nitrogens is 2. The van der Waals surface area contributed by atoms with E-state index in [0.717, 1.165) is 17.8 Å². The molecule has 7 nitrogen and oxygen atoms in total. The van der Waals surface area contributed by atoms with Crippen molar-refractivity contribution in [2.45, 2.75) is 25.4 Å². The van der Waals surface area contributed by atoms with Gasteiger partial charge in [0, 0.05) is 23.8 Å². The number of nitrogens with zero attached hydrogens (tertiary/aromatic N) is 3. The number of aryl methyl sites for hydroxylation is 1. The molecule has 144 valence electrons. The van der Waals surface area contributed by atoms with Gasteiger partial charge in [0.2, 0.25) is 11.7 Å². The largest absolute Gasteiger partial charge is 0.337 e. The van der Waals surface area contributed by atoms with Crippen molar-refractivity contribution in [1.29, 1.82) is 0 Å². The standard InChI is InChI=1S/C21H23N5O2/c1-14-8-10-15(11-9-14)19-24-20(28-25-19)18-12-17(13-26(18)2)23-21(27)22-16-6-4-3-5-7-16/h3-11,17-18H,12-13H2,1-2H3,(H2,22,23,27)/t17-,18-/m0/s1. The summed E-state index contributed by atoms with van der Waals surface area (Å²) >= 11 is 0. The van der Waals surface area contributed by atoms with Crippen LogP contribution in [0.2, 0.25) is 0 Å². The van der Waals surface area contributed by atoms with Crippen LogP contribution in [-0.2, 0) is 0 Å². The predicted octanol–water partition coefficient (Wildman–Crippen LogP) is 3.61. The summed E-state index contributed by atoms with van der Waals surface area (Å²) in [6, 6.07) is 17.2. The highest BCUT2D eigenvalue weighted by Gasteiger charge is 2.35. The first-order chi connectivity index (χ1) is 13.6. The molecule has 0 spiro atoms. The van der Waals surface area contributed by atoms with E-state index in [2.05, 4.69) is 25.7 Å². The van der Waals surface area contributed by atoms with Gasteiger partial charge < -0.3 is 15.2 Å². The van der Waals surface area contributed by atoms with Crippen LogP contribution in [0.15, 0.2) is 59.1 Å². The van der Waals surface area contributed by atoms with Gasteiger partial charge in [-0.3, -0.25) is 4.90 Å². The van der Waals surface area contributed by atoms with Gasteiger partial charge in [-0.1, -0.05) is 53.2 Å². The molecule has 0 saturated carbocycles. The molecule has 1 aromatic heterocycles. The van der Waals surface area contributed by atoms with Gasteiger partial charge in [-0.05, 0) is 32.5 Å². The van der Waals surface area contributed by atoms with E-state index < -0.39 is 0 Å². The number of carbonyl (C=O) groups is 1. The number of carbonyl (C=O) groups excluding carboxylic acids is 1. The van der Waals surface area contributed by atoms with Crippen molar-refractivity contribution in [2.75, 3.05) is 18.9 Å². The minimum atomic E-state index is -0.212. The van der Waals surface area contributed by atoms with Crippen molar-refractivity contribution < 1.29 is 9.32 Å². The first kappa shape index (κ1) is 18.2. The second kappa shape index (κ2) is 7.82. The van der Waals surface area contributed by atoms with E-state index >= 15 is 0 Å². The fourth-order valence-electron chi connectivity index (χ4n) is 3.46. The Morgan fingerprint density at radius 2 is 1.89 bits per heavy atom. The van der Waals surface area contributed by atoms with Gasteiger partial charge in [0.1, 0.15) is 0 Å². The number of likely N-dealkylation sites (tertiary alicyclic amines) is 1. The summed E-state index contributed by atoms with van der Waals surface area (Å²) in [7, 11) is 2.00. The van der Waals surface area contributed by atoms with E-state index in [1.165, 1.54) is 5.56 Å².